The smallest absolute Gasteiger partial charge is 0.416 e. The van der Waals surface area contributed by atoms with E-state index >= 15 is 0 Å². The molecule has 7 nitrogen and oxygen atoms in total. The van der Waals surface area contributed by atoms with Gasteiger partial charge in [-0.05, 0) is 12.8 Å². The van der Waals surface area contributed by atoms with Crippen LogP contribution in [-0.2, 0) is 13.6 Å². The number of imidazole rings is 1. The van der Waals surface area contributed by atoms with Crippen LogP contribution in [0.3, 0.4) is 0 Å². The van der Waals surface area contributed by atoms with Crippen molar-refractivity contribution in [1.29, 1.82) is 0 Å². The minimum Gasteiger partial charge on any atom is -0.416 e. The van der Waals surface area contributed by atoms with E-state index in [-0.39, 0.29) is 17.6 Å². The van der Waals surface area contributed by atoms with Crippen molar-refractivity contribution in [2.75, 3.05) is 0 Å². The van der Waals surface area contributed by atoms with Crippen LogP contribution in [0, 0.1) is 0 Å². The fourth-order valence-electron chi connectivity index (χ4n) is 1.99. The van der Waals surface area contributed by atoms with Gasteiger partial charge < -0.3 is 13.9 Å². The number of carbonyl (C=O) groups excluding carboxylic acids is 1. The van der Waals surface area contributed by atoms with Gasteiger partial charge in [0.05, 0.1) is 6.54 Å². The van der Waals surface area contributed by atoms with Gasteiger partial charge in [0.1, 0.15) is 17.8 Å². The van der Waals surface area contributed by atoms with Gasteiger partial charge in [0.15, 0.2) is 0 Å². The molecule has 19 heavy (non-hydrogen) atoms. The minimum atomic E-state index is -0.615. The van der Waals surface area contributed by atoms with Gasteiger partial charge in [-0.1, -0.05) is 0 Å². The third-order valence-electron chi connectivity index (χ3n) is 3.23. The van der Waals surface area contributed by atoms with Crippen molar-refractivity contribution >= 4 is 5.91 Å². The number of aromatic nitrogens is 3. The molecule has 1 N–H and O–H groups in total. The average molecular weight is 262 g/mol. The van der Waals surface area contributed by atoms with E-state index in [1.807, 2.05) is 17.8 Å². The van der Waals surface area contributed by atoms with Crippen LogP contribution in [0.25, 0.3) is 0 Å². The lowest BCUT2D eigenvalue weighted by Gasteiger charge is -2.21. The fraction of sp³-hybridized carbons (Fsp3) is 0.417. The maximum Gasteiger partial charge on any atom is 0.416 e. The second-order valence-electron chi connectivity index (χ2n) is 4.68. The SMILES string of the molecule is Cn1ccnc1CN(C(=O)c1coc(=O)[nH]1)C1CC1. The van der Waals surface area contributed by atoms with Crippen LogP contribution in [0.1, 0.15) is 29.2 Å². The zero-order valence-electron chi connectivity index (χ0n) is 10.5. The first kappa shape index (κ1) is 11.8. The summed E-state index contributed by atoms with van der Waals surface area (Å²) in [6.45, 7) is 0.431. The van der Waals surface area contributed by atoms with E-state index in [9.17, 15) is 9.59 Å². The number of hydrogen-bond donors (Lipinski definition) is 1. The lowest BCUT2D eigenvalue weighted by atomic mass is 10.3. The highest BCUT2D eigenvalue weighted by Crippen LogP contribution is 2.29. The van der Waals surface area contributed by atoms with Gasteiger partial charge in [-0.15, -0.1) is 0 Å². The Morgan fingerprint density at radius 2 is 2.42 bits per heavy atom. The molecule has 0 aromatic carbocycles. The number of H-pyrrole nitrogens is 1. The maximum atomic E-state index is 12.3. The first-order valence-electron chi connectivity index (χ1n) is 6.10. The summed E-state index contributed by atoms with van der Waals surface area (Å²) >= 11 is 0. The molecule has 3 rings (SSSR count). The largest absolute Gasteiger partial charge is 0.416 e. The molecule has 0 atom stereocenters. The quantitative estimate of drug-likeness (QED) is 0.869. The van der Waals surface area contributed by atoms with Gasteiger partial charge in [-0.3, -0.25) is 9.78 Å². The molecule has 0 radical (unpaired) electrons. The van der Waals surface area contributed by atoms with Crippen LogP contribution >= 0.6 is 0 Å². The van der Waals surface area contributed by atoms with E-state index < -0.39 is 5.76 Å². The summed E-state index contributed by atoms with van der Waals surface area (Å²) < 4.78 is 6.49. The molecule has 7 heteroatoms. The first-order valence-corrected chi connectivity index (χ1v) is 6.10. The molecular formula is C12H14N4O3. The van der Waals surface area contributed by atoms with Crippen molar-refractivity contribution < 1.29 is 9.21 Å². The number of hydrogen-bond acceptors (Lipinski definition) is 4. The van der Waals surface area contributed by atoms with E-state index in [2.05, 4.69) is 14.4 Å². The molecule has 100 valence electrons. The third-order valence-corrected chi connectivity index (χ3v) is 3.23. The molecule has 1 saturated carbocycles. The topological polar surface area (TPSA) is 84.1 Å². The Hall–Kier alpha value is -2.31. The second kappa shape index (κ2) is 4.42. The average Bonchev–Trinajstić information content (AvgIpc) is 3.01. The first-order chi connectivity index (χ1) is 9.15. The number of rotatable bonds is 4. The zero-order valence-corrected chi connectivity index (χ0v) is 10.5. The summed E-state index contributed by atoms with van der Waals surface area (Å²) in [6.07, 6.45) is 6.67. The Labute approximate surface area is 108 Å². The highest BCUT2D eigenvalue weighted by Gasteiger charge is 2.34. The standard InChI is InChI=1S/C12H14N4O3/c1-15-5-4-13-10(15)6-16(8-2-3-8)11(17)9-7-19-12(18)14-9/h4-5,7-8H,2-3,6H2,1H3,(H,14,18). The Bertz CT molecular complexity index is 650. The lowest BCUT2D eigenvalue weighted by molar-refractivity contribution is 0.0718. The lowest BCUT2D eigenvalue weighted by Crippen LogP contribution is -2.34. The molecule has 2 aromatic rings. The summed E-state index contributed by atoms with van der Waals surface area (Å²) in [5.41, 5.74) is 0.186. The van der Waals surface area contributed by atoms with Crippen LogP contribution in [0.4, 0.5) is 0 Å². The van der Waals surface area contributed by atoms with Gasteiger partial charge in [-0.2, -0.15) is 0 Å². The number of nitrogens with one attached hydrogen (secondary N) is 1. The van der Waals surface area contributed by atoms with Gasteiger partial charge in [0, 0.05) is 25.5 Å². The zero-order chi connectivity index (χ0) is 13.4. The molecule has 1 aliphatic rings. The minimum absolute atomic E-state index is 0.186. The van der Waals surface area contributed by atoms with Crippen molar-refractivity contribution in [1.82, 2.24) is 19.4 Å². The van der Waals surface area contributed by atoms with E-state index in [0.29, 0.717) is 6.54 Å². The van der Waals surface area contributed by atoms with Crippen molar-refractivity contribution in [3.8, 4) is 0 Å². The molecule has 2 heterocycles. The Kier molecular flexibility index (Phi) is 2.73. The Morgan fingerprint density at radius 3 is 2.95 bits per heavy atom. The number of oxazole rings is 1. The summed E-state index contributed by atoms with van der Waals surface area (Å²) in [5, 5.41) is 0. The molecule has 2 aromatic heterocycles. The molecule has 1 amide bonds. The summed E-state index contributed by atoms with van der Waals surface area (Å²) in [5.74, 6) is -0.0291. The highest BCUT2D eigenvalue weighted by atomic mass is 16.4. The predicted molar refractivity (Wildman–Crippen MR) is 65.4 cm³/mol. The summed E-state index contributed by atoms with van der Waals surface area (Å²) in [7, 11) is 1.89. The van der Waals surface area contributed by atoms with Crippen molar-refractivity contribution in [2.24, 2.45) is 7.05 Å². The van der Waals surface area contributed by atoms with E-state index in [1.54, 1.807) is 11.1 Å². The van der Waals surface area contributed by atoms with Crippen LogP contribution in [0.2, 0.25) is 0 Å². The number of nitrogens with zero attached hydrogens (tertiary/aromatic N) is 3. The Balaban J connectivity index is 1.83. The van der Waals surface area contributed by atoms with E-state index in [4.69, 9.17) is 0 Å². The second-order valence-corrected chi connectivity index (χ2v) is 4.68. The van der Waals surface area contributed by atoms with Crippen molar-refractivity contribution in [3.63, 3.8) is 0 Å². The van der Waals surface area contributed by atoms with E-state index in [1.165, 1.54) is 6.26 Å². The van der Waals surface area contributed by atoms with Crippen LogP contribution in [0.15, 0.2) is 27.9 Å². The number of amides is 1. The molecule has 1 aliphatic carbocycles. The fourth-order valence-corrected chi connectivity index (χ4v) is 1.99. The van der Waals surface area contributed by atoms with Gasteiger partial charge in [-0.25, -0.2) is 9.78 Å². The van der Waals surface area contributed by atoms with Gasteiger partial charge in [0.25, 0.3) is 5.91 Å². The summed E-state index contributed by atoms with van der Waals surface area (Å²) in [6, 6.07) is 0.225. The molecule has 0 unspecified atom stereocenters. The molecule has 0 bridgehead atoms. The summed E-state index contributed by atoms with van der Waals surface area (Å²) in [4.78, 5) is 31.6. The van der Waals surface area contributed by atoms with Crippen LogP contribution in [-0.4, -0.2) is 31.4 Å². The van der Waals surface area contributed by atoms with Gasteiger partial charge in [0.2, 0.25) is 0 Å². The Morgan fingerprint density at radius 1 is 1.63 bits per heavy atom. The molecular weight excluding hydrogens is 248 g/mol. The molecule has 0 saturated heterocycles. The number of aromatic amines is 1. The highest BCUT2D eigenvalue weighted by molar-refractivity contribution is 5.92. The van der Waals surface area contributed by atoms with Crippen molar-refractivity contribution in [3.05, 3.63) is 40.7 Å². The monoisotopic (exact) mass is 262 g/mol. The number of aryl methyl sites for hydroxylation is 1. The van der Waals surface area contributed by atoms with Crippen LogP contribution < -0.4 is 5.76 Å². The predicted octanol–water partition coefficient (Wildman–Crippen LogP) is 0.506. The third kappa shape index (κ3) is 2.31. The molecule has 0 spiro atoms. The normalized spacial score (nSPS) is 14.6. The van der Waals surface area contributed by atoms with Gasteiger partial charge >= 0.3 is 5.76 Å². The molecule has 0 aliphatic heterocycles. The van der Waals surface area contributed by atoms with Crippen LogP contribution in [0.5, 0.6) is 0 Å². The maximum absolute atomic E-state index is 12.3. The molecule has 1 fully saturated rings. The van der Waals surface area contributed by atoms with E-state index in [0.717, 1.165) is 18.7 Å². The van der Waals surface area contributed by atoms with Crippen molar-refractivity contribution in [2.45, 2.75) is 25.4 Å². The number of carbonyl (C=O) groups is 1.